The Morgan fingerprint density at radius 1 is 1.45 bits per heavy atom. The number of hydrogen-bond donors (Lipinski definition) is 1. The fourth-order valence-corrected chi connectivity index (χ4v) is 2.16. The van der Waals surface area contributed by atoms with Crippen LogP contribution in [0, 0.1) is 23.0 Å². The third-order valence-corrected chi connectivity index (χ3v) is 3.35. The van der Waals surface area contributed by atoms with Gasteiger partial charge in [0.05, 0.1) is 4.92 Å². The second-order valence-electron chi connectivity index (χ2n) is 5.08. The summed E-state index contributed by atoms with van der Waals surface area (Å²) >= 11 is 5.72. The summed E-state index contributed by atoms with van der Waals surface area (Å²) in [6.07, 6.45) is 0.630. The van der Waals surface area contributed by atoms with Crippen molar-refractivity contribution in [3.05, 3.63) is 39.4 Å². The van der Waals surface area contributed by atoms with Crippen LogP contribution in [0.1, 0.15) is 36.2 Å². The van der Waals surface area contributed by atoms with Gasteiger partial charge in [0, 0.05) is 18.0 Å². The number of aryl methyl sites for hydroxylation is 1. The first kappa shape index (κ1) is 16.4. The van der Waals surface area contributed by atoms with E-state index in [9.17, 15) is 14.9 Å². The number of hydrogen-bond acceptors (Lipinski definition) is 3. The Bertz CT molecular complexity index is 503. The number of rotatable bonds is 6. The van der Waals surface area contributed by atoms with Gasteiger partial charge in [0.25, 0.3) is 11.6 Å². The highest BCUT2D eigenvalue weighted by atomic mass is 35.5. The molecule has 5 nitrogen and oxygen atoms in total. The maximum absolute atomic E-state index is 12.3. The molecule has 6 heteroatoms. The first-order chi connectivity index (χ1) is 9.36. The van der Waals surface area contributed by atoms with E-state index in [1.807, 2.05) is 13.8 Å². The van der Waals surface area contributed by atoms with Gasteiger partial charge in [0.1, 0.15) is 5.56 Å². The molecule has 1 unspecified atom stereocenters. The lowest BCUT2D eigenvalue weighted by Gasteiger charge is -2.21. The number of nitrogens with one attached hydrogen (secondary N) is 1. The zero-order chi connectivity index (χ0) is 15.3. The molecule has 1 amide bonds. The lowest BCUT2D eigenvalue weighted by molar-refractivity contribution is -0.385. The molecule has 1 atom stereocenters. The van der Waals surface area contributed by atoms with Gasteiger partial charge in [0.15, 0.2) is 0 Å². The van der Waals surface area contributed by atoms with Gasteiger partial charge >= 0.3 is 0 Å². The van der Waals surface area contributed by atoms with Gasteiger partial charge in [0.2, 0.25) is 0 Å². The van der Waals surface area contributed by atoms with Crippen LogP contribution in [-0.4, -0.2) is 22.8 Å². The molecule has 0 heterocycles. The van der Waals surface area contributed by atoms with Gasteiger partial charge < -0.3 is 5.32 Å². The largest absolute Gasteiger partial charge is 0.349 e. The van der Waals surface area contributed by atoms with Crippen molar-refractivity contribution in [1.82, 2.24) is 5.32 Å². The molecule has 110 valence electrons. The Balaban J connectivity index is 3.02. The molecule has 0 aromatic heterocycles. The summed E-state index contributed by atoms with van der Waals surface area (Å²) in [4.78, 5) is 22.7. The number of nitrogens with zero attached hydrogens (tertiary/aromatic N) is 1. The summed E-state index contributed by atoms with van der Waals surface area (Å²) < 4.78 is 0. The number of nitro groups is 1. The molecule has 0 bridgehead atoms. The SMILES string of the molecule is Cc1ccc([N+](=O)[O-])c(C(=O)NC(CCCl)C(C)C)c1. The highest BCUT2D eigenvalue weighted by molar-refractivity contribution is 6.17. The van der Waals surface area contributed by atoms with E-state index in [0.29, 0.717) is 12.3 Å². The summed E-state index contributed by atoms with van der Waals surface area (Å²) in [5.74, 6) is 0.213. The predicted octanol–water partition coefficient (Wildman–Crippen LogP) is 3.29. The number of benzene rings is 1. The fourth-order valence-electron chi connectivity index (χ4n) is 1.93. The zero-order valence-corrected chi connectivity index (χ0v) is 12.6. The smallest absolute Gasteiger partial charge is 0.282 e. The van der Waals surface area contributed by atoms with Gasteiger partial charge in [-0.3, -0.25) is 14.9 Å². The number of amides is 1. The van der Waals surface area contributed by atoms with E-state index in [1.165, 1.54) is 12.1 Å². The zero-order valence-electron chi connectivity index (χ0n) is 11.9. The van der Waals surface area contributed by atoms with Crippen LogP contribution in [0.2, 0.25) is 0 Å². The number of nitro benzene ring substituents is 1. The Labute approximate surface area is 123 Å². The molecule has 0 radical (unpaired) electrons. The van der Waals surface area contributed by atoms with Crippen molar-refractivity contribution < 1.29 is 9.72 Å². The van der Waals surface area contributed by atoms with Crippen molar-refractivity contribution in [1.29, 1.82) is 0 Å². The number of alkyl halides is 1. The summed E-state index contributed by atoms with van der Waals surface area (Å²) in [6, 6.07) is 4.41. The quantitative estimate of drug-likeness (QED) is 0.497. The molecule has 0 fully saturated rings. The molecule has 0 spiro atoms. The number of carbonyl (C=O) groups is 1. The lowest BCUT2D eigenvalue weighted by atomic mass is 10.0. The molecule has 1 aromatic rings. The molecule has 0 aliphatic rings. The van der Waals surface area contributed by atoms with E-state index in [1.54, 1.807) is 13.0 Å². The molecule has 1 N–H and O–H groups in total. The fraction of sp³-hybridized carbons (Fsp3) is 0.500. The summed E-state index contributed by atoms with van der Waals surface area (Å²) in [6.45, 7) is 5.74. The maximum Gasteiger partial charge on any atom is 0.282 e. The van der Waals surface area contributed by atoms with E-state index in [4.69, 9.17) is 11.6 Å². The van der Waals surface area contributed by atoms with Crippen molar-refractivity contribution in [3.8, 4) is 0 Å². The minimum absolute atomic E-state index is 0.0928. The van der Waals surface area contributed by atoms with Crippen LogP contribution >= 0.6 is 11.6 Å². The molecule has 0 aliphatic carbocycles. The number of halogens is 1. The van der Waals surface area contributed by atoms with Crippen molar-refractivity contribution in [2.75, 3.05) is 5.88 Å². The Kier molecular flexibility index (Phi) is 5.95. The Hall–Kier alpha value is -1.62. The van der Waals surface area contributed by atoms with Crippen molar-refractivity contribution in [2.24, 2.45) is 5.92 Å². The van der Waals surface area contributed by atoms with Crippen LogP contribution in [0.3, 0.4) is 0 Å². The summed E-state index contributed by atoms with van der Waals surface area (Å²) in [5, 5.41) is 13.8. The van der Waals surface area contributed by atoms with Gasteiger partial charge in [-0.1, -0.05) is 19.9 Å². The molecule has 0 saturated heterocycles. The topological polar surface area (TPSA) is 72.2 Å². The minimum atomic E-state index is -0.541. The first-order valence-electron chi connectivity index (χ1n) is 6.48. The summed E-state index contributed by atoms with van der Waals surface area (Å²) in [7, 11) is 0. The molecular weight excluding hydrogens is 280 g/mol. The molecule has 0 aliphatic heterocycles. The standard InChI is InChI=1S/C14H19ClN2O3/c1-9(2)12(6-7-15)16-14(18)11-8-10(3)4-5-13(11)17(19)20/h4-5,8-9,12H,6-7H2,1-3H3,(H,16,18). The third-order valence-electron chi connectivity index (χ3n) is 3.13. The van der Waals surface area contributed by atoms with Crippen LogP contribution in [0.15, 0.2) is 18.2 Å². The molecule has 0 saturated carbocycles. The summed E-state index contributed by atoms with van der Waals surface area (Å²) in [5.41, 5.74) is 0.718. The van der Waals surface area contributed by atoms with E-state index in [0.717, 1.165) is 5.56 Å². The van der Waals surface area contributed by atoms with E-state index in [-0.39, 0.29) is 23.2 Å². The molecule has 1 aromatic carbocycles. The Morgan fingerprint density at radius 2 is 2.10 bits per heavy atom. The van der Waals surface area contributed by atoms with Crippen molar-refractivity contribution in [3.63, 3.8) is 0 Å². The molecule has 1 rings (SSSR count). The van der Waals surface area contributed by atoms with Crippen LogP contribution < -0.4 is 5.32 Å². The first-order valence-corrected chi connectivity index (χ1v) is 7.02. The van der Waals surface area contributed by atoms with Crippen LogP contribution in [0.4, 0.5) is 5.69 Å². The molecule has 20 heavy (non-hydrogen) atoms. The maximum atomic E-state index is 12.3. The second kappa shape index (κ2) is 7.24. The molecular formula is C14H19ClN2O3. The predicted molar refractivity (Wildman–Crippen MR) is 79.3 cm³/mol. The highest BCUT2D eigenvalue weighted by Crippen LogP contribution is 2.20. The van der Waals surface area contributed by atoms with Gasteiger partial charge in [-0.15, -0.1) is 11.6 Å². The monoisotopic (exact) mass is 298 g/mol. The minimum Gasteiger partial charge on any atom is -0.349 e. The average molecular weight is 299 g/mol. The van der Waals surface area contributed by atoms with Crippen LogP contribution in [0.5, 0.6) is 0 Å². The van der Waals surface area contributed by atoms with Gasteiger partial charge in [-0.25, -0.2) is 0 Å². The van der Waals surface area contributed by atoms with Crippen molar-refractivity contribution >= 4 is 23.2 Å². The second-order valence-corrected chi connectivity index (χ2v) is 5.46. The van der Waals surface area contributed by atoms with Crippen molar-refractivity contribution in [2.45, 2.75) is 33.2 Å². The Morgan fingerprint density at radius 3 is 2.60 bits per heavy atom. The van der Waals surface area contributed by atoms with E-state index < -0.39 is 10.8 Å². The van der Waals surface area contributed by atoms with Crippen LogP contribution in [-0.2, 0) is 0 Å². The number of carbonyl (C=O) groups excluding carboxylic acids is 1. The third kappa shape index (κ3) is 4.20. The lowest BCUT2D eigenvalue weighted by Crippen LogP contribution is -2.39. The highest BCUT2D eigenvalue weighted by Gasteiger charge is 2.23. The van der Waals surface area contributed by atoms with Gasteiger partial charge in [-0.05, 0) is 30.9 Å². The van der Waals surface area contributed by atoms with E-state index in [2.05, 4.69) is 5.32 Å². The van der Waals surface area contributed by atoms with Gasteiger partial charge in [-0.2, -0.15) is 0 Å². The average Bonchev–Trinajstić information content (AvgIpc) is 2.37. The van der Waals surface area contributed by atoms with Crippen LogP contribution in [0.25, 0.3) is 0 Å². The van der Waals surface area contributed by atoms with E-state index >= 15 is 0 Å². The normalized spacial score (nSPS) is 12.2.